The van der Waals surface area contributed by atoms with E-state index in [1.807, 2.05) is 0 Å². The predicted octanol–water partition coefficient (Wildman–Crippen LogP) is 1.15. The van der Waals surface area contributed by atoms with Gasteiger partial charge in [-0.1, -0.05) is 0 Å². The Kier molecular flexibility index (Phi) is 7.63. The molecule has 1 heterocycles. The fourth-order valence-electron chi connectivity index (χ4n) is 3.46. The van der Waals surface area contributed by atoms with E-state index in [4.69, 9.17) is 4.74 Å². The van der Waals surface area contributed by atoms with Crippen molar-refractivity contribution in [3.63, 3.8) is 0 Å². The van der Waals surface area contributed by atoms with E-state index in [1.165, 1.54) is 16.2 Å². The smallest absolute Gasteiger partial charge is 0.254 e. The van der Waals surface area contributed by atoms with Crippen molar-refractivity contribution in [3.8, 4) is 0 Å². The minimum atomic E-state index is -0.226. The van der Waals surface area contributed by atoms with Gasteiger partial charge < -0.3 is 20.7 Å². The normalized spacial score (nSPS) is 15.7. The van der Waals surface area contributed by atoms with Crippen LogP contribution in [0.15, 0.2) is 0 Å². The van der Waals surface area contributed by atoms with E-state index in [0.29, 0.717) is 29.8 Å². The Morgan fingerprint density at radius 1 is 1.14 bits per heavy atom. The highest BCUT2D eigenvalue weighted by atomic mass is 32.1. The highest BCUT2D eigenvalue weighted by Gasteiger charge is 2.27. The molecule has 29 heavy (non-hydrogen) atoms. The van der Waals surface area contributed by atoms with Crippen LogP contribution in [0.3, 0.4) is 0 Å². The van der Waals surface area contributed by atoms with Crippen molar-refractivity contribution >= 4 is 34.1 Å². The molecule has 1 aromatic rings. The number of carbonyl (C=O) groups is 3. The number of carbonyl (C=O) groups excluding carboxylic acids is 3. The van der Waals surface area contributed by atoms with E-state index in [0.717, 1.165) is 44.1 Å². The molecule has 1 saturated carbocycles. The fourth-order valence-corrected chi connectivity index (χ4v) is 4.77. The van der Waals surface area contributed by atoms with Crippen LogP contribution in [0.4, 0.5) is 5.00 Å². The second kappa shape index (κ2) is 10.2. The highest BCUT2D eigenvalue weighted by molar-refractivity contribution is 7.17. The van der Waals surface area contributed by atoms with Crippen molar-refractivity contribution in [3.05, 3.63) is 16.0 Å². The van der Waals surface area contributed by atoms with Gasteiger partial charge in [0, 0.05) is 24.6 Å². The molecule has 0 aliphatic heterocycles. The molecule has 2 aliphatic rings. The largest absolute Gasteiger partial charge is 0.383 e. The number of anilines is 1. The van der Waals surface area contributed by atoms with Crippen molar-refractivity contribution in [1.29, 1.82) is 0 Å². The first-order chi connectivity index (χ1) is 14.0. The van der Waals surface area contributed by atoms with Crippen LogP contribution in [-0.4, -0.2) is 69.1 Å². The number of hydrogen-bond donors (Lipinski definition) is 3. The number of methoxy groups -OCH3 is 1. The van der Waals surface area contributed by atoms with E-state index >= 15 is 0 Å². The van der Waals surface area contributed by atoms with Crippen LogP contribution >= 0.6 is 11.3 Å². The summed E-state index contributed by atoms with van der Waals surface area (Å²) >= 11 is 1.49. The zero-order valence-corrected chi connectivity index (χ0v) is 18.0. The van der Waals surface area contributed by atoms with Crippen molar-refractivity contribution in [1.82, 2.24) is 15.5 Å². The van der Waals surface area contributed by atoms with E-state index in [-0.39, 0.29) is 30.8 Å². The van der Waals surface area contributed by atoms with Gasteiger partial charge in [-0.2, -0.15) is 0 Å². The Balaban J connectivity index is 1.62. The van der Waals surface area contributed by atoms with Crippen LogP contribution in [-0.2, 0) is 27.2 Å². The maximum Gasteiger partial charge on any atom is 0.254 e. The van der Waals surface area contributed by atoms with Gasteiger partial charge in [0.2, 0.25) is 11.8 Å². The fraction of sp³-hybridized carbons (Fsp3) is 0.650. The van der Waals surface area contributed by atoms with Crippen molar-refractivity contribution < 1.29 is 19.1 Å². The van der Waals surface area contributed by atoms with E-state index in [1.54, 1.807) is 19.1 Å². The van der Waals surface area contributed by atoms with Gasteiger partial charge >= 0.3 is 0 Å². The molecule has 2 aliphatic carbocycles. The average Bonchev–Trinajstić information content (AvgIpc) is 3.39. The lowest BCUT2D eigenvalue weighted by Gasteiger charge is -2.16. The van der Waals surface area contributed by atoms with Gasteiger partial charge in [-0.3, -0.25) is 19.3 Å². The number of aryl methyl sites for hydroxylation is 1. The summed E-state index contributed by atoms with van der Waals surface area (Å²) in [6.45, 7) is 1.13. The molecule has 1 fully saturated rings. The van der Waals surface area contributed by atoms with Crippen LogP contribution in [0, 0.1) is 0 Å². The van der Waals surface area contributed by atoms with Crippen LogP contribution < -0.4 is 16.0 Å². The average molecular weight is 423 g/mol. The minimum absolute atomic E-state index is 0.0624. The molecule has 9 heteroatoms. The summed E-state index contributed by atoms with van der Waals surface area (Å²) < 4.78 is 5.00. The lowest BCUT2D eigenvalue weighted by molar-refractivity contribution is -0.123. The number of nitrogens with zero attached hydrogens (tertiary/aromatic N) is 1. The molecule has 1 aromatic heterocycles. The number of ether oxygens (including phenoxy) is 1. The van der Waals surface area contributed by atoms with Crippen molar-refractivity contribution in [2.45, 2.75) is 44.6 Å². The minimum Gasteiger partial charge on any atom is -0.383 e. The lowest BCUT2D eigenvalue weighted by Crippen LogP contribution is -2.39. The summed E-state index contributed by atoms with van der Waals surface area (Å²) in [5.41, 5.74) is 1.65. The Bertz CT molecular complexity index is 760. The van der Waals surface area contributed by atoms with Gasteiger partial charge in [-0.25, -0.2) is 0 Å². The van der Waals surface area contributed by atoms with Crippen LogP contribution in [0.1, 0.15) is 46.5 Å². The topological polar surface area (TPSA) is 99.8 Å². The van der Waals surface area contributed by atoms with Gasteiger partial charge in [-0.15, -0.1) is 11.3 Å². The Morgan fingerprint density at radius 2 is 1.86 bits per heavy atom. The summed E-state index contributed by atoms with van der Waals surface area (Å²) in [5, 5.41) is 9.30. The third-order valence-electron chi connectivity index (χ3n) is 5.01. The van der Waals surface area contributed by atoms with Gasteiger partial charge in [0.05, 0.1) is 25.3 Å². The number of rotatable bonds is 10. The number of thiophene rings is 1. The molecule has 3 rings (SSSR count). The molecule has 160 valence electrons. The Hall–Kier alpha value is -1.97. The standard InChI is InChI=1S/C20H30N4O4S/c1-24(11-16(25)22-13-7-8-13)12-17(26)23-20-18(19(27)21-9-10-28-2)14-5-3-4-6-15(14)29-20/h13H,3-12H2,1-2H3,(H,21,27)(H,22,25)(H,23,26). The number of hydrogen-bond acceptors (Lipinski definition) is 6. The van der Waals surface area contributed by atoms with Crippen LogP contribution in [0.2, 0.25) is 0 Å². The van der Waals surface area contributed by atoms with Gasteiger partial charge in [0.1, 0.15) is 5.00 Å². The number of fused-ring (bicyclic) bond motifs is 1. The maximum atomic E-state index is 12.8. The molecule has 8 nitrogen and oxygen atoms in total. The zero-order chi connectivity index (χ0) is 20.8. The van der Waals surface area contributed by atoms with Gasteiger partial charge in [-0.05, 0) is 51.1 Å². The second-order valence-corrected chi connectivity index (χ2v) is 8.83. The molecular formula is C20H30N4O4S. The quantitative estimate of drug-likeness (QED) is 0.491. The second-order valence-electron chi connectivity index (χ2n) is 7.73. The predicted molar refractivity (Wildman–Crippen MR) is 112 cm³/mol. The molecule has 3 N–H and O–H groups in total. The van der Waals surface area contributed by atoms with Crippen molar-refractivity contribution in [2.75, 3.05) is 45.7 Å². The van der Waals surface area contributed by atoms with Crippen LogP contribution in [0.5, 0.6) is 0 Å². The number of likely N-dealkylation sites (N-methyl/N-ethyl adjacent to an activating group) is 1. The summed E-state index contributed by atoms with van der Waals surface area (Å²) in [6, 6.07) is 0.307. The number of amides is 3. The third-order valence-corrected chi connectivity index (χ3v) is 6.22. The molecule has 0 atom stereocenters. The first-order valence-electron chi connectivity index (χ1n) is 10.2. The summed E-state index contributed by atoms with van der Waals surface area (Å²) in [4.78, 5) is 40.1. The van der Waals surface area contributed by atoms with E-state index in [9.17, 15) is 14.4 Å². The van der Waals surface area contributed by atoms with Crippen molar-refractivity contribution in [2.24, 2.45) is 0 Å². The van der Waals surface area contributed by atoms with E-state index < -0.39 is 0 Å². The Morgan fingerprint density at radius 3 is 2.59 bits per heavy atom. The molecule has 0 bridgehead atoms. The molecule has 0 aromatic carbocycles. The summed E-state index contributed by atoms with van der Waals surface area (Å²) in [7, 11) is 3.33. The first kappa shape index (κ1) is 21.7. The van der Waals surface area contributed by atoms with Gasteiger partial charge in [0.25, 0.3) is 5.91 Å². The van der Waals surface area contributed by atoms with Gasteiger partial charge in [0.15, 0.2) is 0 Å². The molecule has 3 amide bonds. The van der Waals surface area contributed by atoms with E-state index in [2.05, 4.69) is 16.0 Å². The molecule has 0 saturated heterocycles. The summed E-state index contributed by atoms with van der Waals surface area (Å²) in [5.74, 6) is -0.460. The zero-order valence-electron chi connectivity index (χ0n) is 17.1. The maximum absolute atomic E-state index is 12.8. The molecule has 0 spiro atoms. The number of nitrogens with one attached hydrogen (secondary N) is 3. The molecule has 0 unspecified atom stereocenters. The summed E-state index contributed by atoms with van der Waals surface area (Å²) in [6.07, 6.45) is 6.02. The molecule has 0 radical (unpaired) electrons. The third kappa shape index (κ3) is 6.25. The first-order valence-corrected chi connectivity index (χ1v) is 11.0. The Labute approximate surface area is 175 Å². The highest BCUT2D eigenvalue weighted by Crippen LogP contribution is 2.38. The van der Waals surface area contributed by atoms with Crippen LogP contribution in [0.25, 0.3) is 0 Å². The SMILES string of the molecule is COCCNC(=O)c1c(NC(=O)CN(C)CC(=O)NC2CC2)sc2c1CCCC2. The monoisotopic (exact) mass is 422 g/mol. The molecular weight excluding hydrogens is 392 g/mol. The lowest BCUT2D eigenvalue weighted by atomic mass is 9.95.